The standard InChI is InChI=1S/C11H9ClIN3O/c12-8-5-7(1-2-9(8)13)11(17)16-6-10-14-3-4-15-10/h1-5H,6H2,(H,14,15)(H,16,17). The third kappa shape index (κ3) is 3.19. The third-order valence-electron chi connectivity index (χ3n) is 2.15. The lowest BCUT2D eigenvalue weighted by Gasteiger charge is -2.04. The Morgan fingerprint density at radius 2 is 2.35 bits per heavy atom. The normalized spacial score (nSPS) is 10.2. The molecule has 0 aliphatic heterocycles. The van der Waals surface area contributed by atoms with E-state index < -0.39 is 0 Å². The lowest BCUT2D eigenvalue weighted by molar-refractivity contribution is 0.0950. The predicted octanol–water partition coefficient (Wildman–Crippen LogP) is 2.60. The topological polar surface area (TPSA) is 57.8 Å². The average molecular weight is 362 g/mol. The first-order valence-electron chi connectivity index (χ1n) is 4.88. The van der Waals surface area contributed by atoms with Crippen molar-refractivity contribution in [1.82, 2.24) is 15.3 Å². The fraction of sp³-hybridized carbons (Fsp3) is 0.0909. The summed E-state index contributed by atoms with van der Waals surface area (Å²) in [7, 11) is 0. The molecule has 0 atom stereocenters. The molecule has 0 aliphatic rings. The molecule has 0 bridgehead atoms. The van der Waals surface area contributed by atoms with Gasteiger partial charge in [0.25, 0.3) is 5.91 Å². The van der Waals surface area contributed by atoms with Crippen LogP contribution in [0.1, 0.15) is 16.2 Å². The minimum Gasteiger partial charge on any atom is -0.347 e. The van der Waals surface area contributed by atoms with Crippen LogP contribution in [0.4, 0.5) is 0 Å². The van der Waals surface area contributed by atoms with Crippen molar-refractivity contribution in [2.75, 3.05) is 0 Å². The van der Waals surface area contributed by atoms with Crippen LogP contribution in [0.2, 0.25) is 5.02 Å². The summed E-state index contributed by atoms with van der Waals surface area (Å²) in [5, 5.41) is 3.33. The Bertz CT molecular complexity index is 528. The highest BCUT2D eigenvalue weighted by molar-refractivity contribution is 14.1. The van der Waals surface area contributed by atoms with Crippen molar-refractivity contribution in [3.8, 4) is 0 Å². The number of rotatable bonds is 3. The lowest BCUT2D eigenvalue weighted by Crippen LogP contribution is -2.23. The van der Waals surface area contributed by atoms with Gasteiger partial charge in [0, 0.05) is 21.5 Å². The van der Waals surface area contributed by atoms with Gasteiger partial charge < -0.3 is 10.3 Å². The Morgan fingerprint density at radius 1 is 1.53 bits per heavy atom. The first kappa shape index (κ1) is 12.4. The predicted molar refractivity (Wildman–Crippen MR) is 73.9 cm³/mol. The molecule has 0 fully saturated rings. The number of benzene rings is 1. The zero-order valence-corrected chi connectivity index (χ0v) is 11.6. The van der Waals surface area contributed by atoms with Crippen LogP contribution in [0.15, 0.2) is 30.6 Å². The second kappa shape index (κ2) is 5.50. The van der Waals surface area contributed by atoms with E-state index in [0.29, 0.717) is 17.1 Å². The van der Waals surface area contributed by atoms with E-state index in [4.69, 9.17) is 11.6 Å². The Hall–Kier alpha value is -1.08. The first-order valence-corrected chi connectivity index (χ1v) is 6.34. The van der Waals surface area contributed by atoms with Gasteiger partial charge in [-0.3, -0.25) is 4.79 Å². The molecule has 17 heavy (non-hydrogen) atoms. The molecule has 0 radical (unpaired) electrons. The number of nitrogens with zero attached hydrogens (tertiary/aromatic N) is 1. The molecular weight excluding hydrogens is 352 g/mol. The van der Waals surface area contributed by atoms with Crippen LogP contribution in [0.3, 0.4) is 0 Å². The highest BCUT2D eigenvalue weighted by Gasteiger charge is 2.07. The highest BCUT2D eigenvalue weighted by Crippen LogP contribution is 2.19. The van der Waals surface area contributed by atoms with E-state index in [-0.39, 0.29) is 5.91 Å². The molecule has 1 amide bonds. The second-order valence-electron chi connectivity index (χ2n) is 3.35. The maximum absolute atomic E-state index is 11.8. The summed E-state index contributed by atoms with van der Waals surface area (Å²) >= 11 is 8.07. The first-order chi connectivity index (χ1) is 8.16. The lowest BCUT2D eigenvalue weighted by atomic mass is 10.2. The van der Waals surface area contributed by atoms with Crippen LogP contribution < -0.4 is 5.32 Å². The minimum atomic E-state index is -0.167. The maximum Gasteiger partial charge on any atom is 0.251 e. The molecule has 2 N–H and O–H groups in total. The zero-order valence-electron chi connectivity index (χ0n) is 8.71. The molecule has 0 saturated heterocycles. The number of hydrogen-bond acceptors (Lipinski definition) is 2. The summed E-state index contributed by atoms with van der Waals surface area (Å²) in [4.78, 5) is 18.7. The highest BCUT2D eigenvalue weighted by atomic mass is 127. The molecule has 1 aromatic heterocycles. The summed E-state index contributed by atoms with van der Waals surface area (Å²) in [6, 6.07) is 5.20. The van der Waals surface area contributed by atoms with Crippen molar-refractivity contribution in [3.63, 3.8) is 0 Å². The molecule has 0 unspecified atom stereocenters. The number of aromatic amines is 1. The van der Waals surface area contributed by atoms with Gasteiger partial charge in [0.05, 0.1) is 11.6 Å². The summed E-state index contributed by atoms with van der Waals surface area (Å²) in [6.45, 7) is 0.370. The van der Waals surface area contributed by atoms with Gasteiger partial charge in [-0.25, -0.2) is 4.98 Å². The molecule has 1 heterocycles. The van der Waals surface area contributed by atoms with Gasteiger partial charge >= 0.3 is 0 Å². The third-order valence-corrected chi connectivity index (χ3v) is 3.73. The number of carbonyl (C=O) groups is 1. The van der Waals surface area contributed by atoms with Gasteiger partial charge in [-0.05, 0) is 40.8 Å². The minimum absolute atomic E-state index is 0.167. The number of halogens is 2. The van der Waals surface area contributed by atoms with Crippen molar-refractivity contribution < 1.29 is 4.79 Å². The van der Waals surface area contributed by atoms with Gasteiger partial charge in [-0.15, -0.1) is 0 Å². The number of H-pyrrole nitrogens is 1. The van der Waals surface area contributed by atoms with Gasteiger partial charge in [0.2, 0.25) is 0 Å². The van der Waals surface area contributed by atoms with Crippen molar-refractivity contribution in [3.05, 3.63) is 50.6 Å². The molecular formula is C11H9ClIN3O. The Labute approximate surface area is 117 Å². The van der Waals surface area contributed by atoms with E-state index in [2.05, 4.69) is 37.9 Å². The Morgan fingerprint density at radius 3 is 3.00 bits per heavy atom. The molecule has 88 valence electrons. The number of imidazole rings is 1. The number of aromatic nitrogens is 2. The van der Waals surface area contributed by atoms with E-state index in [9.17, 15) is 4.79 Å². The van der Waals surface area contributed by atoms with E-state index in [1.54, 1.807) is 24.5 Å². The largest absolute Gasteiger partial charge is 0.347 e. The molecule has 6 heteroatoms. The smallest absolute Gasteiger partial charge is 0.251 e. The van der Waals surface area contributed by atoms with Gasteiger partial charge in [0.15, 0.2) is 0 Å². The fourth-order valence-corrected chi connectivity index (χ4v) is 1.81. The van der Waals surface area contributed by atoms with Crippen molar-refractivity contribution >= 4 is 40.1 Å². The summed E-state index contributed by atoms with van der Waals surface area (Å²) in [6.07, 6.45) is 3.35. The zero-order chi connectivity index (χ0) is 12.3. The maximum atomic E-state index is 11.8. The van der Waals surface area contributed by atoms with Crippen LogP contribution in [0, 0.1) is 3.57 Å². The van der Waals surface area contributed by atoms with Crippen LogP contribution in [0.5, 0.6) is 0 Å². The van der Waals surface area contributed by atoms with Crippen LogP contribution in [-0.4, -0.2) is 15.9 Å². The van der Waals surface area contributed by atoms with E-state index in [1.807, 2.05) is 6.07 Å². The molecule has 2 rings (SSSR count). The summed E-state index contributed by atoms with van der Waals surface area (Å²) < 4.78 is 0.923. The average Bonchev–Trinajstić information content (AvgIpc) is 2.82. The Balaban J connectivity index is 2.02. The SMILES string of the molecule is O=C(NCc1ncc[nH]1)c1ccc(I)c(Cl)c1. The second-order valence-corrected chi connectivity index (χ2v) is 4.92. The van der Waals surface area contributed by atoms with Crippen LogP contribution >= 0.6 is 34.2 Å². The van der Waals surface area contributed by atoms with Crippen molar-refractivity contribution in [2.24, 2.45) is 0 Å². The number of amides is 1. The van der Waals surface area contributed by atoms with E-state index >= 15 is 0 Å². The van der Waals surface area contributed by atoms with Gasteiger partial charge in [-0.2, -0.15) is 0 Å². The summed E-state index contributed by atoms with van der Waals surface area (Å²) in [5.41, 5.74) is 0.543. The van der Waals surface area contributed by atoms with Crippen LogP contribution in [0.25, 0.3) is 0 Å². The summed E-state index contributed by atoms with van der Waals surface area (Å²) in [5.74, 6) is 0.551. The number of nitrogens with one attached hydrogen (secondary N) is 2. The van der Waals surface area contributed by atoms with Crippen LogP contribution in [-0.2, 0) is 6.54 Å². The van der Waals surface area contributed by atoms with Gasteiger partial charge in [0.1, 0.15) is 5.82 Å². The quantitative estimate of drug-likeness (QED) is 0.826. The number of hydrogen-bond donors (Lipinski definition) is 2. The van der Waals surface area contributed by atoms with Crippen molar-refractivity contribution in [2.45, 2.75) is 6.54 Å². The molecule has 0 saturated carbocycles. The molecule has 0 aliphatic carbocycles. The van der Waals surface area contributed by atoms with E-state index in [1.165, 1.54) is 0 Å². The monoisotopic (exact) mass is 361 g/mol. The fourth-order valence-electron chi connectivity index (χ4n) is 1.30. The van der Waals surface area contributed by atoms with Crippen molar-refractivity contribution in [1.29, 1.82) is 0 Å². The molecule has 0 spiro atoms. The van der Waals surface area contributed by atoms with Gasteiger partial charge in [-0.1, -0.05) is 11.6 Å². The molecule has 1 aromatic carbocycles. The molecule has 4 nitrogen and oxygen atoms in total. The molecule has 2 aromatic rings. The van der Waals surface area contributed by atoms with E-state index in [0.717, 1.165) is 9.39 Å². The number of carbonyl (C=O) groups excluding carboxylic acids is 1. The Kier molecular flexibility index (Phi) is 4.01.